The fourth-order valence-corrected chi connectivity index (χ4v) is 3.24. The maximum Gasteiger partial charge on any atom is 0.194 e. The fourth-order valence-electron chi connectivity index (χ4n) is 2.10. The van der Waals surface area contributed by atoms with E-state index in [1.807, 2.05) is 36.7 Å². The quantitative estimate of drug-likeness (QED) is 0.781. The number of imidazole rings is 1. The SMILES string of the molecule is Cc1nc2sccn2c1CNc1ccc(Br)cc1C#N. The van der Waals surface area contributed by atoms with E-state index >= 15 is 0 Å². The van der Waals surface area contributed by atoms with E-state index in [9.17, 15) is 0 Å². The number of hydrogen-bond donors (Lipinski definition) is 1. The Labute approximate surface area is 128 Å². The zero-order valence-electron chi connectivity index (χ0n) is 10.7. The van der Waals surface area contributed by atoms with Gasteiger partial charge in [-0.1, -0.05) is 15.9 Å². The number of hydrogen-bond acceptors (Lipinski definition) is 4. The van der Waals surface area contributed by atoms with Gasteiger partial charge in [-0.2, -0.15) is 5.26 Å². The predicted octanol–water partition coefficient (Wildman–Crippen LogP) is 3.95. The van der Waals surface area contributed by atoms with E-state index in [1.165, 1.54) is 0 Å². The largest absolute Gasteiger partial charge is 0.378 e. The normalized spacial score (nSPS) is 10.7. The number of thiazole rings is 1. The van der Waals surface area contributed by atoms with Crippen molar-refractivity contribution in [1.29, 1.82) is 5.26 Å². The van der Waals surface area contributed by atoms with Crippen molar-refractivity contribution < 1.29 is 0 Å². The van der Waals surface area contributed by atoms with Gasteiger partial charge in [0, 0.05) is 16.0 Å². The summed E-state index contributed by atoms with van der Waals surface area (Å²) in [6, 6.07) is 7.84. The number of halogens is 1. The highest BCUT2D eigenvalue weighted by Gasteiger charge is 2.10. The van der Waals surface area contributed by atoms with Crippen LogP contribution in [0.5, 0.6) is 0 Å². The standard InChI is InChI=1S/C14H11BrN4S/c1-9-13(19-4-5-20-14(19)18-9)8-17-12-3-2-11(15)6-10(12)7-16/h2-6,17H,8H2,1H3. The molecule has 2 aromatic heterocycles. The Morgan fingerprint density at radius 2 is 2.35 bits per heavy atom. The first-order chi connectivity index (χ1) is 9.69. The monoisotopic (exact) mass is 346 g/mol. The first-order valence-corrected chi connectivity index (χ1v) is 7.71. The number of aryl methyl sites for hydroxylation is 1. The van der Waals surface area contributed by atoms with Crippen LogP contribution in [0.2, 0.25) is 0 Å². The van der Waals surface area contributed by atoms with E-state index in [-0.39, 0.29) is 0 Å². The lowest BCUT2D eigenvalue weighted by atomic mass is 10.2. The molecule has 0 fully saturated rings. The van der Waals surface area contributed by atoms with Crippen LogP contribution in [-0.2, 0) is 6.54 Å². The van der Waals surface area contributed by atoms with Gasteiger partial charge in [-0.25, -0.2) is 4.98 Å². The molecular formula is C14H11BrN4S. The maximum absolute atomic E-state index is 9.17. The second-order valence-electron chi connectivity index (χ2n) is 4.35. The molecule has 0 bridgehead atoms. The first kappa shape index (κ1) is 13.2. The summed E-state index contributed by atoms with van der Waals surface area (Å²) in [5.41, 5.74) is 3.59. The van der Waals surface area contributed by atoms with Crippen LogP contribution in [-0.4, -0.2) is 9.38 Å². The zero-order valence-corrected chi connectivity index (χ0v) is 13.1. The van der Waals surface area contributed by atoms with Crippen molar-refractivity contribution in [2.45, 2.75) is 13.5 Å². The lowest BCUT2D eigenvalue weighted by molar-refractivity contribution is 0.994. The molecule has 4 nitrogen and oxygen atoms in total. The molecule has 0 unspecified atom stereocenters. The van der Waals surface area contributed by atoms with Crippen molar-refractivity contribution in [3.05, 3.63) is 51.2 Å². The predicted molar refractivity (Wildman–Crippen MR) is 84.0 cm³/mol. The molecule has 1 N–H and O–H groups in total. The minimum absolute atomic E-state index is 0.628. The Bertz CT molecular complexity index is 812. The fraction of sp³-hybridized carbons (Fsp3) is 0.143. The van der Waals surface area contributed by atoms with E-state index in [0.717, 1.165) is 26.5 Å². The topological polar surface area (TPSA) is 53.1 Å². The summed E-state index contributed by atoms with van der Waals surface area (Å²) in [4.78, 5) is 5.51. The summed E-state index contributed by atoms with van der Waals surface area (Å²) in [5, 5.41) is 14.5. The van der Waals surface area contributed by atoms with Crippen LogP contribution in [0.25, 0.3) is 4.96 Å². The van der Waals surface area contributed by atoms with Gasteiger partial charge in [0.2, 0.25) is 0 Å². The Morgan fingerprint density at radius 3 is 3.15 bits per heavy atom. The number of nitrogens with one attached hydrogen (secondary N) is 1. The summed E-state index contributed by atoms with van der Waals surface area (Å²) in [7, 11) is 0. The molecule has 2 heterocycles. The van der Waals surface area contributed by atoms with Crippen molar-refractivity contribution in [1.82, 2.24) is 9.38 Å². The first-order valence-electron chi connectivity index (χ1n) is 6.03. The molecule has 3 aromatic rings. The molecule has 3 rings (SSSR count). The Hall–Kier alpha value is -1.84. The molecule has 0 spiro atoms. The van der Waals surface area contributed by atoms with Crippen LogP contribution in [0.3, 0.4) is 0 Å². The molecule has 0 amide bonds. The van der Waals surface area contributed by atoms with E-state index in [1.54, 1.807) is 11.3 Å². The average molecular weight is 347 g/mol. The number of aromatic nitrogens is 2. The lowest BCUT2D eigenvalue weighted by Gasteiger charge is -2.08. The molecule has 0 atom stereocenters. The number of rotatable bonds is 3. The van der Waals surface area contributed by atoms with Gasteiger partial charge in [0.25, 0.3) is 0 Å². The maximum atomic E-state index is 9.17. The summed E-state index contributed by atoms with van der Waals surface area (Å²) < 4.78 is 2.98. The molecule has 0 radical (unpaired) electrons. The minimum Gasteiger partial charge on any atom is -0.378 e. The summed E-state index contributed by atoms with van der Waals surface area (Å²) in [6.45, 7) is 2.64. The van der Waals surface area contributed by atoms with Gasteiger partial charge in [0.15, 0.2) is 4.96 Å². The lowest BCUT2D eigenvalue weighted by Crippen LogP contribution is -2.04. The molecule has 0 aliphatic heterocycles. The Kier molecular flexibility index (Phi) is 3.47. The third kappa shape index (κ3) is 2.30. The van der Waals surface area contributed by atoms with Gasteiger partial charge >= 0.3 is 0 Å². The molecule has 1 aromatic carbocycles. The minimum atomic E-state index is 0.628. The van der Waals surface area contributed by atoms with Crippen molar-refractivity contribution in [2.75, 3.05) is 5.32 Å². The van der Waals surface area contributed by atoms with Gasteiger partial charge < -0.3 is 5.32 Å². The molecule has 0 saturated carbocycles. The molecule has 0 aliphatic carbocycles. The average Bonchev–Trinajstić information content (AvgIpc) is 2.98. The van der Waals surface area contributed by atoms with Crippen LogP contribution < -0.4 is 5.32 Å². The Balaban J connectivity index is 1.88. The molecule has 6 heteroatoms. The molecule has 20 heavy (non-hydrogen) atoms. The van der Waals surface area contributed by atoms with Crippen LogP contribution >= 0.6 is 27.3 Å². The smallest absolute Gasteiger partial charge is 0.194 e. The Morgan fingerprint density at radius 1 is 1.50 bits per heavy atom. The van der Waals surface area contributed by atoms with Crippen LogP contribution in [0.15, 0.2) is 34.2 Å². The number of nitriles is 1. The molecule has 100 valence electrons. The highest BCUT2D eigenvalue weighted by Crippen LogP contribution is 2.22. The van der Waals surface area contributed by atoms with Gasteiger partial charge in [-0.15, -0.1) is 11.3 Å². The number of benzene rings is 1. The van der Waals surface area contributed by atoms with Gasteiger partial charge in [-0.05, 0) is 25.1 Å². The van der Waals surface area contributed by atoms with E-state index in [0.29, 0.717) is 12.1 Å². The van der Waals surface area contributed by atoms with Crippen LogP contribution in [0.1, 0.15) is 17.0 Å². The third-order valence-electron chi connectivity index (χ3n) is 3.11. The van der Waals surface area contributed by atoms with E-state index in [4.69, 9.17) is 5.26 Å². The molecule has 0 aliphatic rings. The number of anilines is 1. The second kappa shape index (κ2) is 5.27. The third-order valence-corrected chi connectivity index (χ3v) is 4.36. The van der Waals surface area contributed by atoms with Crippen LogP contribution in [0.4, 0.5) is 5.69 Å². The molecule has 0 saturated heterocycles. The van der Waals surface area contributed by atoms with E-state index < -0.39 is 0 Å². The van der Waals surface area contributed by atoms with Gasteiger partial charge in [-0.3, -0.25) is 4.40 Å². The van der Waals surface area contributed by atoms with Crippen molar-refractivity contribution in [3.8, 4) is 6.07 Å². The highest BCUT2D eigenvalue weighted by molar-refractivity contribution is 9.10. The zero-order chi connectivity index (χ0) is 14.1. The number of nitrogens with zero attached hydrogens (tertiary/aromatic N) is 3. The van der Waals surface area contributed by atoms with Gasteiger partial charge in [0.05, 0.1) is 29.2 Å². The highest BCUT2D eigenvalue weighted by atomic mass is 79.9. The van der Waals surface area contributed by atoms with Crippen LogP contribution in [0, 0.1) is 18.3 Å². The van der Waals surface area contributed by atoms with Gasteiger partial charge in [0.1, 0.15) is 6.07 Å². The van der Waals surface area contributed by atoms with Crippen molar-refractivity contribution >= 4 is 37.9 Å². The molecular weight excluding hydrogens is 336 g/mol. The second-order valence-corrected chi connectivity index (χ2v) is 6.14. The van der Waals surface area contributed by atoms with Crippen molar-refractivity contribution in [3.63, 3.8) is 0 Å². The summed E-state index contributed by atoms with van der Waals surface area (Å²) in [6.07, 6.45) is 2.02. The van der Waals surface area contributed by atoms with E-state index in [2.05, 4.69) is 36.7 Å². The summed E-state index contributed by atoms with van der Waals surface area (Å²) >= 11 is 4.99. The van der Waals surface area contributed by atoms with Crippen molar-refractivity contribution in [2.24, 2.45) is 0 Å². The number of fused-ring (bicyclic) bond motifs is 1. The summed E-state index contributed by atoms with van der Waals surface area (Å²) in [5.74, 6) is 0.